The molecule has 0 unspecified atom stereocenters. The number of halogens is 3. The van der Waals surface area contributed by atoms with E-state index in [1.807, 2.05) is 0 Å². The van der Waals surface area contributed by atoms with Crippen molar-refractivity contribution in [3.05, 3.63) is 29.8 Å². The Hall–Kier alpha value is -1.23. The molecular weight excluding hydrogens is 245 g/mol. The first-order valence-corrected chi connectivity index (χ1v) is 5.91. The van der Waals surface area contributed by atoms with E-state index in [2.05, 4.69) is 0 Å². The summed E-state index contributed by atoms with van der Waals surface area (Å²) in [6.07, 6.45) is -3.97. The van der Waals surface area contributed by atoms with E-state index in [1.165, 1.54) is 0 Å². The van der Waals surface area contributed by atoms with Gasteiger partial charge in [0.05, 0.1) is 6.61 Å². The molecule has 0 aromatic heterocycles. The Morgan fingerprint density at radius 2 is 1.83 bits per heavy atom. The van der Waals surface area contributed by atoms with Crippen molar-refractivity contribution in [1.82, 2.24) is 0 Å². The first-order valence-electron chi connectivity index (χ1n) is 5.91. The van der Waals surface area contributed by atoms with E-state index < -0.39 is 12.6 Å². The number of aryl methyl sites for hydroxylation is 1. The van der Waals surface area contributed by atoms with Gasteiger partial charge in [0.25, 0.3) is 0 Å². The predicted octanol–water partition coefficient (Wildman–Crippen LogP) is 3.33. The van der Waals surface area contributed by atoms with Crippen LogP contribution < -0.4 is 4.74 Å². The number of para-hydroxylation sites is 1. The lowest BCUT2D eigenvalue weighted by molar-refractivity contribution is -0.135. The van der Waals surface area contributed by atoms with Crippen molar-refractivity contribution in [2.75, 3.05) is 13.2 Å². The number of benzene rings is 1. The maximum atomic E-state index is 12.0. The van der Waals surface area contributed by atoms with Gasteiger partial charge in [0, 0.05) is 19.4 Å². The van der Waals surface area contributed by atoms with Crippen LogP contribution in [-0.2, 0) is 6.42 Å². The number of ether oxygens (including phenoxy) is 1. The zero-order valence-electron chi connectivity index (χ0n) is 10.0. The standard InChI is InChI=1S/C13H17F3O2/c14-13(15,16)8-3-6-11-5-1-2-7-12(11)18-10-4-9-17/h1-2,5,7,17H,3-4,6,8-10H2. The second kappa shape index (κ2) is 7.26. The van der Waals surface area contributed by atoms with Crippen molar-refractivity contribution in [3.63, 3.8) is 0 Å². The molecule has 0 saturated carbocycles. The Balaban J connectivity index is 2.48. The smallest absolute Gasteiger partial charge is 0.389 e. The molecule has 0 heterocycles. The first kappa shape index (κ1) is 14.8. The third-order valence-electron chi connectivity index (χ3n) is 2.44. The summed E-state index contributed by atoms with van der Waals surface area (Å²) >= 11 is 0. The number of rotatable bonds is 7. The molecule has 0 fully saturated rings. The number of aliphatic hydroxyl groups is 1. The zero-order valence-corrected chi connectivity index (χ0v) is 10.0. The van der Waals surface area contributed by atoms with Crippen molar-refractivity contribution in [1.29, 1.82) is 0 Å². The molecule has 0 aliphatic rings. The molecule has 0 saturated heterocycles. The minimum Gasteiger partial charge on any atom is -0.493 e. The summed E-state index contributed by atoms with van der Waals surface area (Å²) in [4.78, 5) is 0. The molecule has 2 nitrogen and oxygen atoms in total. The van der Waals surface area contributed by atoms with Crippen molar-refractivity contribution in [2.24, 2.45) is 0 Å². The normalized spacial score (nSPS) is 11.6. The average Bonchev–Trinajstić information content (AvgIpc) is 2.30. The van der Waals surface area contributed by atoms with Gasteiger partial charge in [-0.1, -0.05) is 18.2 Å². The highest BCUT2D eigenvalue weighted by atomic mass is 19.4. The number of hydrogen-bond donors (Lipinski definition) is 1. The quantitative estimate of drug-likeness (QED) is 0.764. The molecule has 0 aliphatic heterocycles. The van der Waals surface area contributed by atoms with E-state index >= 15 is 0 Å². The highest BCUT2D eigenvalue weighted by Gasteiger charge is 2.26. The predicted molar refractivity (Wildman–Crippen MR) is 62.6 cm³/mol. The third kappa shape index (κ3) is 5.91. The summed E-state index contributed by atoms with van der Waals surface area (Å²) in [5.74, 6) is 0.605. The van der Waals surface area contributed by atoms with E-state index in [1.54, 1.807) is 24.3 Å². The summed E-state index contributed by atoms with van der Waals surface area (Å²) in [7, 11) is 0. The van der Waals surface area contributed by atoms with Crippen LogP contribution >= 0.6 is 0 Å². The number of hydrogen-bond acceptors (Lipinski definition) is 2. The minimum absolute atomic E-state index is 0.0379. The zero-order chi connectivity index (χ0) is 13.4. The molecule has 0 radical (unpaired) electrons. The van der Waals surface area contributed by atoms with Crippen molar-refractivity contribution in [2.45, 2.75) is 31.9 Å². The molecular formula is C13H17F3O2. The van der Waals surface area contributed by atoms with Crippen LogP contribution in [0.5, 0.6) is 5.75 Å². The van der Waals surface area contributed by atoms with Gasteiger partial charge in [-0.05, 0) is 24.5 Å². The second-order valence-electron chi connectivity index (χ2n) is 4.00. The van der Waals surface area contributed by atoms with Gasteiger partial charge in [-0.2, -0.15) is 13.2 Å². The molecule has 0 bridgehead atoms. The fourth-order valence-electron chi connectivity index (χ4n) is 1.58. The lowest BCUT2D eigenvalue weighted by atomic mass is 10.1. The topological polar surface area (TPSA) is 29.5 Å². The highest BCUT2D eigenvalue weighted by molar-refractivity contribution is 5.33. The molecule has 1 aromatic carbocycles. The van der Waals surface area contributed by atoms with Gasteiger partial charge < -0.3 is 9.84 Å². The van der Waals surface area contributed by atoms with Crippen LogP contribution in [0, 0.1) is 0 Å². The van der Waals surface area contributed by atoms with Crippen LogP contribution in [-0.4, -0.2) is 24.5 Å². The number of aliphatic hydroxyl groups excluding tert-OH is 1. The van der Waals surface area contributed by atoms with Gasteiger partial charge in [-0.3, -0.25) is 0 Å². The minimum atomic E-state index is -4.10. The third-order valence-corrected chi connectivity index (χ3v) is 2.44. The van der Waals surface area contributed by atoms with E-state index in [-0.39, 0.29) is 13.0 Å². The Labute approximate surface area is 104 Å². The van der Waals surface area contributed by atoms with E-state index in [0.717, 1.165) is 5.56 Å². The lowest BCUT2D eigenvalue weighted by Crippen LogP contribution is -2.08. The van der Waals surface area contributed by atoms with Crippen molar-refractivity contribution < 1.29 is 23.0 Å². The Kier molecular flexibility index (Phi) is 5.98. The maximum Gasteiger partial charge on any atom is 0.389 e. The fourth-order valence-corrected chi connectivity index (χ4v) is 1.58. The van der Waals surface area contributed by atoms with Gasteiger partial charge in [-0.15, -0.1) is 0 Å². The molecule has 0 aliphatic carbocycles. The Bertz CT molecular complexity index is 350. The van der Waals surface area contributed by atoms with Crippen LogP contribution in [0.25, 0.3) is 0 Å². The second-order valence-corrected chi connectivity index (χ2v) is 4.00. The highest BCUT2D eigenvalue weighted by Crippen LogP contribution is 2.25. The Morgan fingerprint density at radius 1 is 1.11 bits per heavy atom. The number of alkyl halides is 3. The monoisotopic (exact) mass is 262 g/mol. The molecule has 18 heavy (non-hydrogen) atoms. The summed E-state index contributed by atoms with van der Waals surface area (Å²) < 4.78 is 41.6. The molecule has 0 spiro atoms. The van der Waals surface area contributed by atoms with Crippen LogP contribution in [0.3, 0.4) is 0 Å². The summed E-state index contributed by atoms with van der Waals surface area (Å²) in [6.45, 7) is 0.406. The van der Waals surface area contributed by atoms with Crippen LogP contribution in [0.1, 0.15) is 24.8 Å². The summed E-state index contributed by atoms with van der Waals surface area (Å²) in [5.41, 5.74) is 0.777. The summed E-state index contributed by atoms with van der Waals surface area (Å²) in [6, 6.07) is 7.06. The maximum absolute atomic E-state index is 12.0. The first-order chi connectivity index (χ1) is 8.53. The molecule has 1 N–H and O–H groups in total. The average molecular weight is 262 g/mol. The SMILES string of the molecule is OCCCOc1ccccc1CCCC(F)(F)F. The molecule has 0 amide bonds. The lowest BCUT2D eigenvalue weighted by Gasteiger charge is -2.11. The molecule has 0 atom stereocenters. The van der Waals surface area contributed by atoms with Gasteiger partial charge in [0.1, 0.15) is 5.75 Å². The van der Waals surface area contributed by atoms with Crippen molar-refractivity contribution >= 4 is 0 Å². The van der Waals surface area contributed by atoms with Gasteiger partial charge in [-0.25, -0.2) is 0 Å². The van der Waals surface area contributed by atoms with Gasteiger partial charge >= 0.3 is 6.18 Å². The fraction of sp³-hybridized carbons (Fsp3) is 0.538. The van der Waals surface area contributed by atoms with Gasteiger partial charge in [0.2, 0.25) is 0 Å². The van der Waals surface area contributed by atoms with Crippen LogP contribution in [0.4, 0.5) is 13.2 Å². The molecule has 1 aromatic rings. The van der Waals surface area contributed by atoms with E-state index in [0.29, 0.717) is 25.2 Å². The van der Waals surface area contributed by atoms with Crippen LogP contribution in [0.2, 0.25) is 0 Å². The molecule has 5 heteroatoms. The van der Waals surface area contributed by atoms with Crippen LogP contribution in [0.15, 0.2) is 24.3 Å². The largest absolute Gasteiger partial charge is 0.493 e. The molecule has 1 rings (SSSR count). The van der Waals surface area contributed by atoms with E-state index in [4.69, 9.17) is 9.84 Å². The Morgan fingerprint density at radius 3 is 2.50 bits per heavy atom. The van der Waals surface area contributed by atoms with Crippen molar-refractivity contribution in [3.8, 4) is 5.75 Å². The van der Waals surface area contributed by atoms with E-state index in [9.17, 15) is 13.2 Å². The molecule has 102 valence electrons. The summed E-state index contributed by atoms with van der Waals surface area (Å²) in [5, 5.41) is 8.64. The van der Waals surface area contributed by atoms with Gasteiger partial charge in [0.15, 0.2) is 0 Å².